The van der Waals surface area contributed by atoms with E-state index in [1.807, 2.05) is 37.0 Å². The Kier molecular flexibility index (Phi) is 4.34. The van der Waals surface area contributed by atoms with Crippen LogP contribution in [0.15, 0.2) is 18.5 Å². The monoisotopic (exact) mass is 398 g/mol. The molecule has 0 atom stereocenters. The molecule has 1 aliphatic carbocycles. The first-order chi connectivity index (χ1) is 13.9. The first-order valence-corrected chi connectivity index (χ1v) is 10.3. The molecule has 1 saturated carbocycles. The molecule has 8 heteroatoms. The Morgan fingerprint density at radius 2 is 1.97 bits per heavy atom. The van der Waals surface area contributed by atoms with Crippen LogP contribution in [-0.4, -0.2) is 49.2 Å². The van der Waals surface area contributed by atoms with Gasteiger partial charge in [0.05, 0.1) is 36.8 Å². The number of imidazole rings is 1. The Bertz CT molecular complexity index is 1040. The number of rotatable bonds is 4. The van der Waals surface area contributed by atoms with E-state index < -0.39 is 5.67 Å². The molecule has 4 heterocycles. The van der Waals surface area contributed by atoms with Crippen LogP contribution in [0, 0.1) is 13.8 Å². The van der Waals surface area contributed by atoms with Gasteiger partial charge in [-0.05, 0) is 52.5 Å². The Hall–Kier alpha value is -2.48. The third-order valence-electron chi connectivity index (χ3n) is 6.16. The molecule has 0 amide bonds. The van der Waals surface area contributed by atoms with Crippen LogP contribution in [0.5, 0.6) is 0 Å². The zero-order valence-electron chi connectivity index (χ0n) is 17.2. The van der Waals surface area contributed by atoms with Crippen molar-refractivity contribution in [2.45, 2.75) is 64.2 Å². The maximum absolute atomic E-state index is 14.2. The molecule has 2 fully saturated rings. The predicted octanol–water partition coefficient (Wildman–Crippen LogP) is 3.89. The predicted molar refractivity (Wildman–Crippen MR) is 109 cm³/mol. The Labute approximate surface area is 169 Å². The topological polar surface area (TPSA) is 69.8 Å². The van der Waals surface area contributed by atoms with Crippen molar-refractivity contribution in [2.75, 3.05) is 18.5 Å². The maximum atomic E-state index is 14.2. The molecule has 29 heavy (non-hydrogen) atoms. The van der Waals surface area contributed by atoms with Gasteiger partial charge in [-0.3, -0.25) is 0 Å². The van der Waals surface area contributed by atoms with Gasteiger partial charge in [0.15, 0.2) is 11.6 Å². The highest BCUT2D eigenvalue weighted by Gasteiger charge is 2.31. The van der Waals surface area contributed by atoms with Gasteiger partial charge in [0.1, 0.15) is 11.2 Å². The van der Waals surface area contributed by atoms with Crippen LogP contribution in [-0.2, 0) is 4.74 Å². The van der Waals surface area contributed by atoms with E-state index in [0.717, 1.165) is 46.9 Å². The summed E-state index contributed by atoms with van der Waals surface area (Å²) in [4.78, 5) is 9.54. The van der Waals surface area contributed by atoms with Crippen molar-refractivity contribution >= 4 is 16.9 Å². The van der Waals surface area contributed by atoms with E-state index in [-0.39, 0.29) is 6.04 Å². The number of halogens is 1. The smallest absolute Gasteiger partial charge is 0.158 e. The molecule has 3 aromatic rings. The average molecular weight is 398 g/mol. The number of aryl methyl sites for hydroxylation is 2. The van der Waals surface area contributed by atoms with Crippen molar-refractivity contribution in [3.05, 3.63) is 29.8 Å². The summed E-state index contributed by atoms with van der Waals surface area (Å²) >= 11 is 0. The van der Waals surface area contributed by atoms with Crippen LogP contribution in [0.2, 0.25) is 0 Å². The van der Waals surface area contributed by atoms with E-state index in [9.17, 15) is 4.39 Å². The van der Waals surface area contributed by atoms with Gasteiger partial charge in [-0.1, -0.05) is 0 Å². The first kappa shape index (κ1) is 18.5. The van der Waals surface area contributed by atoms with Crippen LogP contribution in [0.3, 0.4) is 0 Å². The van der Waals surface area contributed by atoms with E-state index in [1.54, 1.807) is 6.92 Å². The molecule has 1 aliphatic heterocycles. The molecular weight excluding hydrogens is 371 g/mol. The summed E-state index contributed by atoms with van der Waals surface area (Å²) in [7, 11) is 0. The number of fused-ring (bicyclic) bond motifs is 1. The Balaban J connectivity index is 1.56. The summed E-state index contributed by atoms with van der Waals surface area (Å²) in [6.45, 7) is 7.10. The van der Waals surface area contributed by atoms with Gasteiger partial charge in [0.2, 0.25) is 0 Å². The van der Waals surface area contributed by atoms with Crippen LogP contribution >= 0.6 is 0 Å². The first-order valence-electron chi connectivity index (χ1n) is 10.3. The summed E-state index contributed by atoms with van der Waals surface area (Å²) in [6, 6.07) is 4.58. The van der Waals surface area contributed by atoms with E-state index in [0.29, 0.717) is 32.1 Å². The minimum atomic E-state index is -1.06. The van der Waals surface area contributed by atoms with Crippen LogP contribution in [0.25, 0.3) is 16.9 Å². The van der Waals surface area contributed by atoms with Crippen molar-refractivity contribution < 1.29 is 9.13 Å². The molecule has 2 aliphatic rings. The van der Waals surface area contributed by atoms with E-state index >= 15 is 0 Å². The number of nitrogens with zero attached hydrogens (tertiary/aromatic N) is 5. The number of hydrogen-bond donors (Lipinski definition) is 1. The van der Waals surface area contributed by atoms with Gasteiger partial charge in [-0.2, -0.15) is 5.10 Å². The minimum absolute atomic E-state index is 0.197. The van der Waals surface area contributed by atoms with Crippen molar-refractivity contribution in [1.82, 2.24) is 24.3 Å². The SMILES string of the molecule is Cc1cc(C)n(-c2cc3c(ncn3C3COC3)c(NC3CCC(C)(F)CC3)n2)n1. The highest BCUT2D eigenvalue weighted by atomic mass is 19.1. The Morgan fingerprint density at radius 1 is 1.21 bits per heavy atom. The van der Waals surface area contributed by atoms with E-state index in [2.05, 4.69) is 20.0 Å². The van der Waals surface area contributed by atoms with Gasteiger partial charge in [0.25, 0.3) is 0 Å². The zero-order chi connectivity index (χ0) is 20.2. The summed E-state index contributed by atoms with van der Waals surface area (Å²) in [5.74, 6) is 1.51. The second kappa shape index (κ2) is 6.79. The fourth-order valence-corrected chi connectivity index (χ4v) is 4.32. The standard InChI is InChI=1S/C21H27FN6O/c1-13-8-14(2)28(26-13)18-9-17-19(23-12-27(17)16-10-29-11-16)20(25-18)24-15-4-6-21(3,22)7-5-15/h8-9,12,15-16H,4-7,10-11H2,1-3H3,(H,24,25). The van der Waals surface area contributed by atoms with Crippen molar-refractivity contribution in [2.24, 2.45) is 0 Å². The number of alkyl halides is 1. The van der Waals surface area contributed by atoms with Gasteiger partial charge in [0, 0.05) is 17.8 Å². The number of anilines is 1. The lowest BCUT2D eigenvalue weighted by Crippen LogP contribution is -2.33. The molecule has 0 aromatic carbocycles. The second-order valence-corrected chi connectivity index (χ2v) is 8.71. The number of nitrogens with one attached hydrogen (secondary N) is 1. The molecule has 0 bridgehead atoms. The summed E-state index contributed by atoms with van der Waals surface area (Å²) in [6.07, 6.45) is 4.59. The van der Waals surface area contributed by atoms with Gasteiger partial charge < -0.3 is 14.6 Å². The summed E-state index contributed by atoms with van der Waals surface area (Å²) < 4.78 is 23.6. The molecule has 154 valence electrons. The van der Waals surface area contributed by atoms with E-state index in [1.165, 1.54) is 0 Å². The highest BCUT2D eigenvalue weighted by Crippen LogP contribution is 2.34. The second-order valence-electron chi connectivity index (χ2n) is 8.71. The molecule has 0 unspecified atom stereocenters. The summed E-state index contributed by atoms with van der Waals surface area (Å²) in [5.41, 5.74) is 2.79. The molecule has 5 rings (SSSR count). The lowest BCUT2D eigenvalue weighted by molar-refractivity contribution is -0.0216. The number of hydrogen-bond acceptors (Lipinski definition) is 5. The van der Waals surface area contributed by atoms with Crippen LogP contribution < -0.4 is 5.32 Å². The molecule has 0 spiro atoms. The number of aromatic nitrogens is 5. The molecule has 7 nitrogen and oxygen atoms in total. The quantitative estimate of drug-likeness (QED) is 0.722. The fraction of sp³-hybridized carbons (Fsp3) is 0.571. The lowest BCUT2D eigenvalue weighted by atomic mass is 9.85. The van der Waals surface area contributed by atoms with E-state index in [4.69, 9.17) is 9.72 Å². The number of ether oxygens (including phenoxy) is 1. The van der Waals surface area contributed by atoms with Gasteiger partial charge in [-0.15, -0.1) is 0 Å². The maximum Gasteiger partial charge on any atom is 0.158 e. The molecule has 3 aromatic heterocycles. The zero-order valence-corrected chi connectivity index (χ0v) is 17.2. The lowest BCUT2D eigenvalue weighted by Gasteiger charge is -2.32. The largest absolute Gasteiger partial charge is 0.377 e. The minimum Gasteiger partial charge on any atom is -0.377 e. The van der Waals surface area contributed by atoms with Gasteiger partial charge in [-0.25, -0.2) is 19.0 Å². The average Bonchev–Trinajstić information content (AvgIpc) is 3.18. The third-order valence-corrected chi connectivity index (χ3v) is 6.16. The molecular formula is C21H27FN6O. The van der Waals surface area contributed by atoms with Crippen molar-refractivity contribution in [3.8, 4) is 5.82 Å². The fourth-order valence-electron chi connectivity index (χ4n) is 4.32. The third kappa shape index (κ3) is 3.39. The Morgan fingerprint density at radius 3 is 2.59 bits per heavy atom. The van der Waals surface area contributed by atoms with Crippen molar-refractivity contribution in [1.29, 1.82) is 0 Å². The number of pyridine rings is 1. The molecule has 0 radical (unpaired) electrons. The normalized spacial score (nSPS) is 25.3. The molecule has 1 N–H and O–H groups in total. The van der Waals surface area contributed by atoms with Crippen LogP contribution in [0.1, 0.15) is 50.0 Å². The summed E-state index contributed by atoms with van der Waals surface area (Å²) in [5, 5.41) is 8.17. The van der Waals surface area contributed by atoms with Crippen LogP contribution in [0.4, 0.5) is 10.2 Å². The van der Waals surface area contributed by atoms with Crippen molar-refractivity contribution in [3.63, 3.8) is 0 Å². The highest BCUT2D eigenvalue weighted by molar-refractivity contribution is 5.87. The van der Waals surface area contributed by atoms with Gasteiger partial charge >= 0.3 is 0 Å². The molecule has 1 saturated heterocycles.